The lowest BCUT2D eigenvalue weighted by Gasteiger charge is -2.42. The first-order chi connectivity index (χ1) is 13.5. The van der Waals surface area contributed by atoms with Crippen LogP contribution in [-0.2, 0) is 11.3 Å². The van der Waals surface area contributed by atoms with Crippen LogP contribution in [0.4, 0.5) is 10.1 Å². The second-order valence-corrected chi connectivity index (χ2v) is 8.49. The molecule has 1 aromatic heterocycles. The highest BCUT2D eigenvalue weighted by molar-refractivity contribution is 5.77. The quantitative estimate of drug-likeness (QED) is 0.793. The topological polar surface area (TPSA) is 54.3 Å². The third-order valence-corrected chi connectivity index (χ3v) is 6.09. The summed E-state index contributed by atoms with van der Waals surface area (Å²) < 4.78 is 15.6. The van der Waals surface area contributed by atoms with Crippen LogP contribution >= 0.6 is 0 Å². The van der Waals surface area contributed by atoms with Crippen LogP contribution < -0.4 is 4.90 Å². The monoisotopic (exact) mass is 385 g/mol. The van der Waals surface area contributed by atoms with Gasteiger partial charge in [0.05, 0.1) is 12.1 Å². The molecule has 2 aliphatic heterocycles. The van der Waals surface area contributed by atoms with Crippen LogP contribution in [0.1, 0.15) is 46.0 Å². The Morgan fingerprint density at radius 1 is 1.32 bits per heavy atom. The lowest BCUT2D eigenvalue weighted by molar-refractivity contribution is -0.135. The standard InChI is InChI=1S/C21H28FN5O/c1-21(2)13-19-18(27(21)17-7-3-6-16(22)12-17)8-4-11-26(19)20(28)9-5-10-25-15-23-14-24-25/h3,6-7,12,14-15,18-19H,4-5,8-11,13H2,1-2H3/t18-,19-/m0/s1. The van der Waals surface area contributed by atoms with E-state index in [2.05, 4.69) is 33.7 Å². The van der Waals surface area contributed by atoms with E-state index in [-0.39, 0.29) is 29.3 Å². The van der Waals surface area contributed by atoms with Gasteiger partial charge in [0.15, 0.2) is 0 Å². The average molecular weight is 385 g/mol. The molecule has 7 heteroatoms. The van der Waals surface area contributed by atoms with E-state index in [0.29, 0.717) is 13.0 Å². The van der Waals surface area contributed by atoms with E-state index in [9.17, 15) is 9.18 Å². The number of nitrogens with zero attached hydrogens (tertiary/aromatic N) is 5. The number of benzene rings is 1. The van der Waals surface area contributed by atoms with Crippen molar-refractivity contribution < 1.29 is 9.18 Å². The van der Waals surface area contributed by atoms with Gasteiger partial charge in [-0.25, -0.2) is 9.37 Å². The molecule has 0 N–H and O–H groups in total. The zero-order valence-corrected chi connectivity index (χ0v) is 16.6. The van der Waals surface area contributed by atoms with Crippen LogP contribution in [-0.4, -0.2) is 49.7 Å². The van der Waals surface area contributed by atoms with Crippen LogP contribution in [0, 0.1) is 5.82 Å². The number of likely N-dealkylation sites (tertiary alicyclic amines) is 1. The number of amides is 1. The van der Waals surface area contributed by atoms with Gasteiger partial charge in [-0.15, -0.1) is 0 Å². The molecule has 1 amide bonds. The van der Waals surface area contributed by atoms with Gasteiger partial charge in [-0.3, -0.25) is 9.48 Å². The normalized spacial score (nSPS) is 23.7. The van der Waals surface area contributed by atoms with E-state index in [1.54, 1.807) is 23.1 Å². The Labute approximate surface area is 165 Å². The van der Waals surface area contributed by atoms with Crippen LogP contribution in [0.5, 0.6) is 0 Å². The van der Waals surface area contributed by atoms with Crippen molar-refractivity contribution in [3.8, 4) is 0 Å². The van der Waals surface area contributed by atoms with Crippen LogP contribution in [0.25, 0.3) is 0 Å². The fourth-order valence-electron chi connectivity index (χ4n) is 5.00. The largest absolute Gasteiger partial charge is 0.361 e. The minimum Gasteiger partial charge on any atom is -0.361 e. The molecule has 2 fully saturated rings. The van der Waals surface area contributed by atoms with Gasteiger partial charge in [0.2, 0.25) is 5.91 Å². The number of hydrogen-bond donors (Lipinski definition) is 0. The average Bonchev–Trinajstić information content (AvgIpc) is 3.25. The summed E-state index contributed by atoms with van der Waals surface area (Å²) in [5.41, 5.74) is 0.796. The van der Waals surface area contributed by atoms with E-state index in [1.807, 2.05) is 6.07 Å². The maximum absolute atomic E-state index is 13.9. The van der Waals surface area contributed by atoms with E-state index in [1.165, 1.54) is 12.4 Å². The number of piperidine rings is 1. The van der Waals surface area contributed by atoms with Crippen molar-refractivity contribution in [3.05, 3.63) is 42.7 Å². The summed E-state index contributed by atoms with van der Waals surface area (Å²) >= 11 is 0. The van der Waals surface area contributed by atoms with Crippen molar-refractivity contribution in [3.63, 3.8) is 0 Å². The van der Waals surface area contributed by atoms with Crippen molar-refractivity contribution in [2.45, 2.75) is 70.1 Å². The fourth-order valence-corrected chi connectivity index (χ4v) is 5.00. The fraction of sp³-hybridized carbons (Fsp3) is 0.571. The summed E-state index contributed by atoms with van der Waals surface area (Å²) in [6, 6.07) is 7.27. The van der Waals surface area contributed by atoms with Gasteiger partial charge in [0.1, 0.15) is 18.5 Å². The lowest BCUT2D eigenvalue weighted by atomic mass is 9.93. The smallest absolute Gasteiger partial charge is 0.222 e. The minimum atomic E-state index is -0.214. The number of fused-ring (bicyclic) bond motifs is 1. The van der Waals surface area contributed by atoms with Gasteiger partial charge in [0.25, 0.3) is 0 Å². The zero-order valence-electron chi connectivity index (χ0n) is 16.6. The number of carbonyl (C=O) groups excluding carboxylic acids is 1. The number of aromatic nitrogens is 3. The predicted octanol–water partition coefficient (Wildman–Crippen LogP) is 3.25. The molecule has 0 aliphatic carbocycles. The van der Waals surface area contributed by atoms with Crippen LogP contribution in [0.2, 0.25) is 0 Å². The number of carbonyl (C=O) groups is 1. The molecule has 150 valence electrons. The van der Waals surface area contributed by atoms with Crippen LogP contribution in [0.15, 0.2) is 36.9 Å². The molecule has 2 aliphatic rings. The molecule has 0 saturated carbocycles. The van der Waals surface area contributed by atoms with Crippen molar-refractivity contribution >= 4 is 11.6 Å². The van der Waals surface area contributed by atoms with Gasteiger partial charge < -0.3 is 9.80 Å². The maximum atomic E-state index is 13.9. The highest BCUT2D eigenvalue weighted by atomic mass is 19.1. The first-order valence-electron chi connectivity index (χ1n) is 10.1. The molecular formula is C21H28FN5O. The first kappa shape index (κ1) is 18.9. The van der Waals surface area contributed by atoms with E-state index in [4.69, 9.17) is 0 Å². The van der Waals surface area contributed by atoms with E-state index >= 15 is 0 Å². The highest BCUT2D eigenvalue weighted by Gasteiger charge is 2.50. The summed E-state index contributed by atoms with van der Waals surface area (Å²) in [7, 11) is 0. The Kier molecular flexibility index (Phi) is 5.08. The SMILES string of the molecule is CC1(C)C[C@H]2[C@H](CCCN2C(=O)CCCn2cncn2)N1c1cccc(F)c1. The van der Waals surface area contributed by atoms with Gasteiger partial charge in [-0.1, -0.05) is 6.07 Å². The molecular weight excluding hydrogens is 357 g/mol. The summed E-state index contributed by atoms with van der Waals surface area (Å²) in [5, 5.41) is 4.09. The number of hydrogen-bond acceptors (Lipinski definition) is 4. The Hall–Kier alpha value is -2.44. The molecule has 0 radical (unpaired) electrons. The maximum Gasteiger partial charge on any atom is 0.222 e. The van der Waals surface area contributed by atoms with Crippen molar-refractivity contribution in [1.29, 1.82) is 0 Å². The third kappa shape index (κ3) is 3.62. The minimum absolute atomic E-state index is 0.118. The summed E-state index contributed by atoms with van der Waals surface area (Å²) in [4.78, 5) is 21.3. The molecule has 6 nitrogen and oxygen atoms in total. The second kappa shape index (κ2) is 7.53. The molecule has 4 rings (SSSR count). The molecule has 2 aromatic rings. The number of rotatable bonds is 5. The highest BCUT2D eigenvalue weighted by Crippen LogP contribution is 2.43. The lowest BCUT2D eigenvalue weighted by Crippen LogP contribution is -2.52. The molecule has 1 aromatic carbocycles. The number of aryl methyl sites for hydroxylation is 1. The van der Waals surface area contributed by atoms with Gasteiger partial charge in [-0.2, -0.15) is 5.10 Å². The molecule has 0 bridgehead atoms. The second-order valence-electron chi connectivity index (χ2n) is 8.49. The van der Waals surface area contributed by atoms with Crippen molar-refractivity contribution in [2.24, 2.45) is 0 Å². The predicted molar refractivity (Wildman–Crippen MR) is 105 cm³/mol. The summed E-state index contributed by atoms with van der Waals surface area (Å²) in [6.45, 7) is 5.91. The Morgan fingerprint density at radius 3 is 2.93 bits per heavy atom. The summed E-state index contributed by atoms with van der Waals surface area (Å²) in [5.74, 6) is 0.000288. The zero-order chi connectivity index (χ0) is 19.7. The Bertz CT molecular complexity index is 822. The third-order valence-electron chi connectivity index (χ3n) is 6.09. The molecule has 0 unspecified atom stereocenters. The first-order valence-corrected chi connectivity index (χ1v) is 10.1. The molecule has 0 spiro atoms. The van der Waals surface area contributed by atoms with Gasteiger partial charge >= 0.3 is 0 Å². The van der Waals surface area contributed by atoms with E-state index in [0.717, 1.165) is 37.9 Å². The number of halogens is 1. The number of anilines is 1. The Morgan fingerprint density at radius 2 is 2.18 bits per heavy atom. The van der Waals surface area contributed by atoms with Crippen LogP contribution in [0.3, 0.4) is 0 Å². The van der Waals surface area contributed by atoms with Gasteiger partial charge in [0, 0.05) is 30.7 Å². The van der Waals surface area contributed by atoms with E-state index < -0.39 is 0 Å². The molecule has 28 heavy (non-hydrogen) atoms. The van der Waals surface area contributed by atoms with Crippen molar-refractivity contribution in [1.82, 2.24) is 19.7 Å². The Balaban J connectivity index is 1.47. The molecule has 3 heterocycles. The molecule has 2 atom stereocenters. The van der Waals surface area contributed by atoms with Gasteiger partial charge in [-0.05, 0) is 57.7 Å². The van der Waals surface area contributed by atoms with Crippen molar-refractivity contribution in [2.75, 3.05) is 11.4 Å². The summed E-state index contributed by atoms with van der Waals surface area (Å²) in [6.07, 6.45) is 7.39. The molecule has 2 saturated heterocycles.